The SMILES string of the molecule is CON(C)CC1CNc2ccccc2O1. The van der Waals surface area contributed by atoms with Crippen molar-refractivity contribution in [1.82, 2.24) is 5.06 Å². The van der Waals surface area contributed by atoms with Gasteiger partial charge in [0.1, 0.15) is 11.9 Å². The molecule has 0 fully saturated rings. The Morgan fingerprint density at radius 2 is 2.33 bits per heavy atom. The highest BCUT2D eigenvalue weighted by molar-refractivity contribution is 5.57. The predicted molar refractivity (Wildman–Crippen MR) is 59.0 cm³/mol. The van der Waals surface area contributed by atoms with E-state index in [1.165, 1.54) is 0 Å². The zero-order valence-corrected chi connectivity index (χ0v) is 9.06. The van der Waals surface area contributed by atoms with Gasteiger partial charge in [-0.1, -0.05) is 12.1 Å². The van der Waals surface area contributed by atoms with Gasteiger partial charge in [-0.25, -0.2) is 0 Å². The number of likely N-dealkylation sites (N-methyl/N-ethyl adjacent to an activating group) is 1. The number of hydroxylamine groups is 2. The highest BCUT2D eigenvalue weighted by Gasteiger charge is 2.19. The van der Waals surface area contributed by atoms with E-state index in [-0.39, 0.29) is 6.10 Å². The second-order valence-corrected chi connectivity index (χ2v) is 3.61. The largest absolute Gasteiger partial charge is 0.485 e. The molecular formula is C11H16N2O2. The summed E-state index contributed by atoms with van der Waals surface area (Å²) in [5, 5.41) is 5.10. The smallest absolute Gasteiger partial charge is 0.142 e. The maximum Gasteiger partial charge on any atom is 0.142 e. The Kier molecular flexibility index (Phi) is 3.08. The van der Waals surface area contributed by atoms with Crippen molar-refractivity contribution in [2.24, 2.45) is 0 Å². The topological polar surface area (TPSA) is 33.7 Å². The van der Waals surface area contributed by atoms with Gasteiger partial charge in [-0.05, 0) is 12.1 Å². The van der Waals surface area contributed by atoms with E-state index in [9.17, 15) is 0 Å². The third-order valence-electron chi connectivity index (χ3n) is 2.47. The molecule has 0 saturated carbocycles. The van der Waals surface area contributed by atoms with Crippen LogP contribution in [0.2, 0.25) is 0 Å². The average Bonchev–Trinajstić information content (AvgIpc) is 2.29. The van der Waals surface area contributed by atoms with Crippen LogP contribution in [0.15, 0.2) is 24.3 Å². The molecule has 82 valence electrons. The molecule has 0 spiro atoms. The third kappa shape index (κ3) is 2.40. The minimum atomic E-state index is 0.129. The number of fused-ring (bicyclic) bond motifs is 1. The van der Waals surface area contributed by atoms with Gasteiger partial charge in [-0.2, -0.15) is 5.06 Å². The molecule has 0 aromatic heterocycles. The molecule has 0 amide bonds. The molecular weight excluding hydrogens is 192 g/mol. The van der Waals surface area contributed by atoms with Gasteiger partial charge in [0.2, 0.25) is 0 Å². The quantitative estimate of drug-likeness (QED) is 0.760. The van der Waals surface area contributed by atoms with Crippen LogP contribution in [-0.2, 0) is 4.84 Å². The minimum Gasteiger partial charge on any atom is -0.485 e. The van der Waals surface area contributed by atoms with Crippen LogP contribution < -0.4 is 10.1 Å². The molecule has 1 aromatic carbocycles. The fourth-order valence-electron chi connectivity index (χ4n) is 1.62. The van der Waals surface area contributed by atoms with Crippen LogP contribution >= 0.6 is 0 Å². The van der Waals surface area contributed by atoms with E-state index in [4.69, 9.17) is 9.57 Å². The second kappa shape index (κ2) is 4.51. The van der Waals surface area contributed by atoms with Crippen molar-refractivity contribution in [3.05, 3.63) is 24.3 Å². The van der Waals surface area contributed by atoms with Gasteiger partial charge in [0.05, 0.1) is 25.9 Å². The van der Waals surface area contributed by atoms with E-state index in [0.717, 1.165) is 24.5 Å². The number of nitrogens with zero attached hydrogens (tertiary/aromatic N) is 1. The normalized spacial score (nSPS) is 19.3. The average molecular weight is 208 g/mol. The van der Waals surface area contributed by atoms with Crippen molar-refractivity contribution in [3.63, 3.8) is 0 Å². The molecule has 4 heteroatoms. The summed E-state index contributed by atoms with van der Waals surface area (Å²) in [4.78, 5) is 5.07. The highest BCUT2D eigenvalue weighted by atomic mass is 16.7. The summed E-state index contributed by atoms with van der Waals surface area (Å²) in [6.07, 6.45) is 0.129. The van der Waals surface area contributed by atoms with Crippen LogP contribution in [0.5, 0.6) is 5.75 Å². The van der Waals surface area contributed by atoms with E-state index >= 15 is 0 Å². The Morgan fingerprint density at radius 3 is 3.13 bits per heavy atom. The first kappa shape index (κ1) is 10.3. The van der Waals surface area contributed by atoms with Crippen molar-refractivity contribution >= 4 is 5.69 Å². The summed E-state index contributed by atoms with van der Waals surface area (Å²) in [5.41, 5.74) is 1.06. The molecule has 15 heavy (non-hydrogen) atoms. The Bertz CT molecular complexity index is 330. The molecule has 1 aliphatic heterocycles. The number of benzene rings is 1. The number of ether oxygens (including phenoxy) is 1. The molecule has 1 aliphatic rings. The zero-order chi connectivity index (χ0) is 10.7. The second-order valence-electron chi connectivity index (χ2n) is 3.61. The Morgan fingerprint density at radius 1 is 1.53 bits per heavy atom. The molecule has 1 unspecified atom stereocenters. The summed E-state index contributed by atoms with van der Waals surface area (Å²) < 4.78 is 5.82. The molecule has 1 aromatic rings. The summed E-state index contributed by atoms with van der Waals surface area (Å²) in [7, 11) is 3.55. The molecule has 0 bridgehead atoms. The number of para-hydroxylation sites is 2. The van der Waals surface area contributed by atoms with Gasteiger partial charge in [0.15, 0.2) is 0 Å². The first-order chi connectivity index (χ1) is 7.29. The van der Waals surface area contributed by atoms with Crippen molar-refractivity contribution in [2.45, 2.75) is 6.10 Å². The molecule has 1 heterocycles. The molecule has 1 N–H and O–H groups in total. The molecule has 2 rings (SSSR count). The predicted octanol–water partition coefficient (Wildman–Crippen LogP) is 1.35. The first-order valence-corrected chi connectivity index (χ1v) is 5.04. The number of nitrogens with one attached hydrogen (secondary N) is 1. The van der Waals surface area contributed by atoms with Gasteiger partial charge in [0.25, 0.3) is 0 Å². The van der Waals surface area contributed by atoms with Crippen LogP contribution in [0.1, 0.15) is 0 Å². The van der Waals surface area contributed by atoms with Gasteiger partial charge in [-0.15, -0.1) is 0 Å². The van der Waals surface area contributed by atoms with Crippen LogP contribution in [-0.4, -0.2) is 38.4 Å². The Labute approximate surface area is 89.7 Å². The van der Waals surface area contributed by atoms with E-state index in [0.29, 0.717) is 0 Å². The molecule has 0 saturated heterocycles. The summed E-state index contributed by atoms with van der Waals surface area (Å²) in [5.74, 6) is 0.915. The van der Waals surface area contributed by atoms with Crippen LogP contribution in [0, 0.1) is 0 Å². The summed E-state index contributed by atoms with van der Waals surface area (Å²) in [6.45, 7) is 1.56. The van der Waals surface area contributed by atoms with Gasteiger partial charge >= 0.3 is 0 Å². The lowest BCUT2D eigenvalue weighted by Gasteiger charge is -2.29. The Balaban J connectivity index is 1.99. The fraction of sp³-hybridized carbons (Fsp3) is 0.455. The minimum absolute atomic E-state index is 0.129. The molecule has 0 radical (unpaired) electrons. The van der Waals surface area contributed by atoms with Crippen molar-refractivity contribution in [2.75, 3.05) is 32.6 Å². The number of hydrogen-bond donors (Lipinski definition) is 1. The first-order valence-electron chi connectivity index (χ1n) is 5.04. The molecule has 4 nitrogen and oxygen atoms in total. The number of rotatable bonds is 3. The van der Waals surface area contributed by atoms with E-state index in [1.54, 1.807) is 12.2 Å². The van der Waals surface area contributed by atoms with E-state index < -0.39 is 0 Å². The summed E-state index contributed by atoms with van der Waals surface area (Å²) >= 11 is 0. The molecule has 0 aliphatic carbocycles. The maximum atomic E-state index is 5.82. The monoisotopic (exact) mass is 208 g/mol. The summed E-state index contributed by atoms with van der Waals surface area (Å²) in [6, 6.07) is 7.96. The lowest BCUT2D eigenvalue weighted by Crippen LogP contribution is -2.39. The number of hydrogen-bond acceptors (Lipinski definition) is 4. The highest BCUT2D eigenvalue weighted by Crippen LogP contribution is 2.28. The van der Waals surface area contributed by atoms with E-state index in [2.05, 4.69) is 5.32 Å². The zero-order valence-electron chi connectivity index (χ0n) is 9.06. The third-order valence-corrected chi connectivity index (χ3v) is 2.47. The maximum absolute atomic E-state index is 5.82. The van der Waals surface area contributed by atoms with E-state index in [1.807, 2.05) is 31.3 Å². The standard InChI is InChI=1S/C11H16N2O2/c1-13(14-2)8-9-7-12-10-5-3-4-6-11(10)15-9/h3-6,9,12H,7-8H2,1-2H3. The van der Waals surface area contributed by atoms with Crippen LogP contribution in [0.3, 0.4) is 0 Å². The lowest BCUT2D eigenvalue weighted by atomic mass is 10.2. The van der Waals surface area contributed by atoms with Crippen molar-refractivity contribution in [3.8, 4) is 5.75 Å². The van der Waals surface area contributed by atoms with Gasteiger partial charge in [-0.3, -0.25) is 0 Å². The molecule has 1 atom stereocenters. The fourth-order valence-corrected chi connectivity index (χ4v) is 1.62. The van der Waals surface area contributed by atoms with Gasteiger partial charge in [0, 0.05) is 7.05 Å². The van der Waals surface area contributed by atoms with Crippen LogP contribution in [0.25, 0.3) is 0 Å². The lowest BCUT2D eigenvalue weighted by molar-refractivity contribution is -0.123. The number of anilines is 1. The van der Waals surface area contributed by atoms with Crippen molar-refractivity contribution < 1.29 is 9.57 Å². The van der Waals surface area contributed by atoms with Crippen LogP contribution in [0.4, 0.5) is 5.69 Å². The van der Waals surface area contributed by atoms with Gasteiger partial charge < -0.3 is 14.9 Å². The Hall–Kier alpha value is -1.26. The van der Waals surface area contributed by atoms with Crippen molar-refractivity contribution in [1.29, 1.82) is 0 Å².